The number of rotatable bonds is 9. The van der Waals surface area contributed by atoms with Crippen LogP contribution in [0.4, 0.5) is 11.9 Å². The Bertz CT molecular complexity index is 1280. The van der Waals surface area contributed by atoms with Crippen LogP contribution in [-0.2, 0) is 13.1 Å². The highest BCUT2D eigenvalue weighted by Crippen LogP contribution is 2.21. The zero-order chi connectivity index (χ0) is 23.9. The van der Waals surface area contributed by atoms with Crippen molar-refractivity contribution in [2.24, 2.45) is 0 Å². The zero-order valence-electron chi connectivity index (χ0n) is 19.4. The smallest absolute Gasteiger partial charge is 0.281 e. The van der Waals surface area contributed by atoms with Gasteiger partial charge in [-0.05, 0) is 31.2 Å². The fourth-order valence-electron chi connectivity index (χ4n) is 3.59. The molecule has 1 heterocycles. The van der Waals surface area contributed by atoms with Gasteiger partial charge in [-0.25, -0.2) is 0 Å². The van der Waals surface area contributed by atoms with E-state index in [0.29, 0.717) is 30.5 Å². The average Bonchev–Trinajstić information content (AvgIpc) is 3.29. The van der Waals surface area contributed by atoms with Crippen molar-refractivity contribution in [1.82, 2.24) is 14.8 Å². The molecule has 3 aromatic carbocycles. The van der Waals surface area contributed by atoms with Crippen LogP contribution >= 0.6 is 0 Å². The number of nitrogens with zero attached hydrogens (tertiary/aromatic N) is 3. The highest BCUT2D eigenvalue weighted by atomic mass is 16.5. The number of aryl methyl sites for hydroxylation is 1. The van der Waals surface area contributed by atoms with Gasteiger partial charge in [-0.2, -0.15) is 9.67 Å². The predicted octanol–water partition coefficient (Wildman–Crippen LogP) is 4.52. The minimum atomic E-state index is -0.274. The van der Waals surface area contributed by atoms with Gasteiger partial charge in [0.15, 0.2) is 0 Å². The van der Waals surface area contributed by atoms with Crippen LogP contribution in [0.2, 0.25) is 0 Å². The topological polar surface area (TPSA) is 90.3 Å². The summed E-state index contributed by atoms with van der Waals surface area (Å²) in [6.45, 7) is 2.80. The van der Waals surface area contributed by atoms with E-state index in [-0.39, 0.29) is 5.91 Å². The Morgan fingerprint density at radius 3 is 2.09 bits per heavy atom. The molecule has 1 aromatic heterocycles. The lowest BCUT2D eigenvalue weighted by atomic mass is 10.1. The number of para-hydroxylation sites is 2. The second kappa shape index (κ2) is 10.5. The quantitative estimate of drug-likeness (QED) is 0.382. The molecule has 0 aliphatic rings. The van der Waals surface area contributed by atoms with E-state index in [2.05, 4.69) is 20.7 Å². The van der Waals surface area contributed by atoms with Gasteiger partial charge in [0.05, 0.1) is 14.2 Å². The van der Waals surface area contributed by atoms with Crippen LogP contribution in [0, 0.1) is 6.92 Å². The van der Waals surface area contributed by atoms with E-state index in [1.807, 2.05) is 73.7 Å². The molecule has 8 heteroatoms. The molecule has 34 heavy (non-hydrogen) atoms. The summed E-state index contributed by atoms with van der Waals surface area (Å²) in [6, 6.07) is 22.8. The van der Waals surface area contributed by atoms with E-state index in [1.165, 1.54) is 4.68 Å². The number of hydrogen-bond acceptors (Lipinski definition) is 7. The normalized spacial score (nSPS) is 10.6. The molecule has 0 atom stereocenters. The van der Waals surface area contributed by atoms with E-state index in [1.54, 1.807) is 20.3 Å². The van der Waals surface area contributed by atoms with Crippen LogP contribution in [-0.4, -0.2) is 34.9 Å². The summed E-state index contributed by atoms with van der Waals surface area (Å²) < 4.78 is 12.1. The van der Waals surface area contributed by atoms with Gasteiger partial charge in [0.2, 0.25) is 11.9 Å². The third-order valence-electron chi connectivity index (χ3n) is 5.32. The van der Waals surface area contributed by atoms with E-state index in [4.69, 9.17) is 9.47 Å². The number of methoxy groups -OCH3 is 2. The molecule has 0 spiro atoms. The first-order valence-corrected chi connectivity index (χ1v) is 10.9. The first-order chi connectivity index (χ1) is 16.6. The van der Waals surface area contributed by atoms with E-state index >= 15 is 0 Å². The molecule has 0 amide bonds. The molecule has 0 unspecified atom stereocenters. The van der Waals surface area contributed by atoms with Crippen molar-refractivity contribution in [3.05, 3.63) is 95.1 Å². The lowest BCUT2D eigenvalue weighted by molar-refractivity contribution is 0.0947. The Kier molecular flexibility index (Phi) is 7.07. The zero-order valence-corrected chi connectivity index (χ0v) is 19.4. The van der Waals surface area contributed by atoms with Gasteiger partial charge in [-0.1, -0.05) is 54.1 Å². The van der Waals surface area contributed by atoms with E-state index in [9.17, 15) is 4.79 Å². The molecule has 4 rings (SSSR count). The van der Waals surface area contributed by atoms with Crippen LogP contribution in [0.15, 0.2) is 72.8 Å². The van der Waals surface area contributed by atoms with Crippen LogP contribution in [0.5, 0.6) is 11.5 Å². The number of ether oxygens (including phenoxy) is 2. The van der Waals surface area contributed by atoms with Gasteiger partial charge >= 0.3 is 0 Å². The summed E-state index contributed by atoms with van der Waals surface area (Å²) in [6.07, 6.45) is 0. The summed E-state index contributed by atoms with van der Waals surface area (Å²) >= 11 is 0. The highest BCUT2D eigenvalue weighted by Gasteiger charge is 2.19. The highest BCUT2D eigenvalue weighted by molar-refractivity contribution is 5.97. The third-order valence-corrected chi connectivity index (χ3v) is 5.32. The molecule has 2 N–H and O–H groups in total. The van der Waals surface area contributed by atoms with Crippen LogP contribution in [0.3, 0.4) is 0 Å². The van der Waals surface area contributed by atoms with Crippen molar-refractivity contribution >= 4 is 17.8 Å². The van der Waals surface area contributed by atoms with E-state index < -0.39 is 0 Å². The molecule has 0 saturated heterocycles. The Labute approximate surface area is 198 Å². The van der Waals surface area contributed by atoms with Gasteiger partial charge < -0.3 is 20.1 Å². The Morgan fingerprint density at radius 1 is 0.853 bits per heavy atom. The minimum absolute atomic E-state index is 0.274. The molecule has 0 aliphatic heterocycles. The number of hydrogen-bond donors (Lipinski definition) is 2. The summed E-state index contributed by atoms with van der Waals surface area (Å²) in [5.41, 5.74) is 3.41. The molecule has 0 radical (unpaired) electrons. The number of aromatic nitrogens is 3. The SMILES string of the molecule is COc1ccccc1CNc1nc(NCc2ccccc2OC)n(C(=O)c2cccc(C)c2)n1. The van der Waals surface area contributed by atoms with Crippen LogP contribution < -0.4 is 20.1 Å². The van der Waals surface area contributed by atoms with Crippen molar-refractivity contribution in [2.45, 2.75) is 20.0 Å². The number of carbonyl (C=O) groups is 1. The largest absolute Gasteiger partial charge is 0.496 e. The second-order valence-corrected chi connectivity index (χ2v) is 7.68. The number of nitrogens with one attached hydrogen (secondary N) is 2. The van der Waals surface area contributed by atoms with E-state index in [0.717, 1.165) is 28.2 Å². The fourth-order valence-corrected chi connectivity index (χ4v) is 3.59. The molecule has 4 aromatic rings. The monoisotopic (exact) mass is 457 g/mol. The van der Waals surface area contributed by atoms with Gasteiger partial charge in [0, 0.05) is 29.8 Å². The van der Waals surface area contributed by atoms with Gasteiger partial charge in [-0.15, -0.1) is 5.10 Å². The molecular weight excluding hydrogens is 430 g/mol. The van der Waals surface area contributed by atoms with Gasteiger partial charge in [0.1, 0.15) is 11.5 Å². The molecule has 8 nitrogen and oxygen atoms in total. The Hall–Kier alpha value is -4.33. The fraction of sp³-hybridized carbons (Fsp3) is 0.192. The maximum absolute atomic E-state index is 13.3. The van der Waals surface area contributed by atoms with Crippen LogP contribution in [0.1, 0.15) is 27.0 Å². The van der Waals surface area contributed by atoms with Crippen molar-refractivity contribution in [3.63, 3.8) is 0 Å². The lowest BCUT2D eigenvalue weighted by Gasteiger charge is -2.10. The number of anilines is 2. The lowest BCUT2D eigenvalue weighted by Crippen LogP contribution is -2.18. The molecule has 0 fully saturated rings. The van der Waals surface area contributed by atoms with Crippen molar-refractivity contribution < 1.29 is 14.3 Å². The predicted molar refractivity (Wildman–Crippen MR) is 132 cm³/mol. The summed E-state index contributed by atoms with van der Waals surface area (Å²) in [5, 5.41) is 10.9. The second-order valence-electron chi connectivity index (χ2n) is 7.68. The first kappa shape index (κ1) is 22.8. The van der Waals surface area contributed by atoms with Crippen molar-refractivity contribution in [3.8, 4) is 11.5 Å². The molecule has 0 saturated carbocycles. The molecule has 0 bridgehead atoms. The minimum Gasteiger partial charge on any atom is -0.496 e. The number of benzene rings is 3. The molecule has 0 aliphatic carbocycles. The maximum Gasteiger partial charge on any atom is 0.281 e. The Balaban J connectivity index is 1.61. The summed E-state index contributed by atoms with van der Waals surface area (Å²) in [7, 11) is 3.26. The Morgan fingerprint density at radius 2 is 1.47 bits per heavy atom. The summed E-state index contributed by atoms with van der Waals surface area (Å²) in [5.74, 6) is 1.90. The first-order valence-electron chi connectivity index (χ1n) is 10.9. The average molecular weight is 458 g/mol. The maximum atomic E-state index is 13.3. The third kappa shape index (κ3) is 5.17. The van der Waals surface area contributed by atoms with Gasteiger partial charge in [-0.3, -0.25) is 4.79 Å². The van der Waals surface area contributed by atoms with Crippen LogP contribution in [0.25, 0.3) is 0 Å². The number of carbonyl (C=O) groups excluding carboxylic acids is 1. The molecular formula is C26H27N5O3. The standard InChI is InChI=1S/C26H27N5O3/c1-18-9-8-12-19(15-18)24(32)31-26(28-17-21-11-5-7-14-23(21)34-3)29-25(30-31)27-16-20-10-4-6-13-22(20)33-2/h4-15H,16-17H2,1-3H3,(H2,27,28,29,30). The molecule has 174 valence electrons. The van der Waals surface area contributed by atoms with Crippen molar-refractivity contribution in [2.75, 3.05) is 24.9 Å². The van der Waals surface area contributed by atoms with Crippen molar-refractivity contribution in [1.29, 1.82) is 0 Å². The summed E-state index contributed by atoms with van der Waals surface area (Å²) in [4.78, 5) is 17.8. The van der Waals surface area contributed by atoms with Gasteiger partial charge in [0.25, 0.3) is 5.91 Å².